The first-order valence-corrected chi connectivity index (χ1v) is 7.19. The van der Waals surface area contributed by atoms with Crippen molar-refractivity contribution in [3.63, 3.8) is 0 Å². The van der Waals surface area contributed by atoms with E-state index in [1.54, 1.807) is 0 Å². The van der Waals surface area contributed by atoms with E-state index in [4.69, 9.17) is 23.2 Å². The Kier molecular flexibility index (Phi) is 3.94. The van der Waals surface area contributed by atoms with Gasteiger partial charge in [0, 0.05) is 23.3 Å². The van der Waals surface area contributed by atoms with Gasteiger partial charge in [0.15, 0.2) is 11.0 Å². The Bertz CT molecular complexity index is 680. The van der Waals surface area contributed by atoms with Crippen LogP contribution in [0.1, 0.15) is 17.9 Å². The van der Waals surface area contributed by atoms with Crippen LogP contribution in [0.3, 0.4) is 0 Å². The summed E-state index contributed by atoms with van der Waals surface area (Å²) in [5.74, 6) is 0.287. The number of hydrogen-bond donors (Lipinski definition) is 2. The number of hydrazine groups is 1. The van der Waals surface area contributed by atoms with E-state index in [-0.39, 0.29) is 22.9 Å². The summed E-state index contributed by atoms with van der Waals surface area (Å²) in [7, 11) is 0. The van der Waals surface area contributed by atoms with E-state index in [1.165, 1.54) is 12.4 Å². The Labute approximate surface area is 131 Å². The Morgan fingerprint density at radius 3 is 2.71 bits per heavy atom. The number of aromatic nitrogens is 2. The van der Waals surface area contributed by atoms with E-state index in [1.807, 2.05) is 24.3 Å². The summed E-state index contributed by atoms with van der Waals surface area (Å²) in [5.41, 5.74) is 6.30. The third-order valence-electron chi connectivity index (χ3n) is 3.39. The number of hydrogen-bond acceptors (Lipinski definition) is 4. The number of rotatable bonds is 4. The second-order valence-corrected chi connectivity index (χ2v) is 5.55. The Hall–Kier alpha value is -1.85. The fraction of sp³-hybridized carbons (Fsp3) is 0.214. The lowest BCUT2D eigenvalue weighted by atomic mass is 10.1. The molecule has 1 fully saturated rings. The average molecular weight is 323 g/mol. The van der Waals surface area contributed by atoms with Gasteiger partial charge < -0.3 is 0 Å². The number of benzene rings is 1. The van der Waals surface area contributed by atoms with Crippen LogP contribution in [-0.2, 0) is 4.79 Å². The second-order valence-electron chi connectivity index (χ2n) is 4.78. The highest BCUT2D eigenvalue weighted by molar-refractivity contribution is 6.31. The van der Waals surface area contributed by atoms with Crippen LogP contribution in [0.2, 0.25) is 10.2 Å². The summed E-state index contributed by atoms with van der Waals surface area (Å²) in [6.07, 6.45) is 3.75. The third kappa shape index (κ3) is 3.09. The molecule has 1 aliphatic carbocycles. The quantitative estimate of drug-likeness (QED) is 0.849. The first kappa shape index (κ1) is 14.1. The molecule has 3 rings (SSSR count). The highest BCUT2D eigenvalue weighted by Crippen LogP contribution is 2.49. The zero-order valence-electron chi connectivity index (χ0n) is 10.9. The van der Waals surface area contributed by atoms with Gasteiger partial charge in [-0.1, -0.05) is 41.4 Å². The number of amides is 1. The van der Waals surface area contributed by atoms with Crippen LogP contribution in [0.25, 0.3) is 0 Å². The minimum Gasteiger partial charge on any atom is -0.279 e. The molecule has 2 aromatic rings. The molecular weight excluding hydrogens is 311 g/mol. The van der Waals surface area contributed by atoms with Crippen molar-refractivity contribution in [3.05, 3.63) is 52.4 Å². The van der Waals surface area contributed by atoms with E-state index in [2.05, 4.69) is 20.8 Å². The molecule has 2 atom stereocenters. The van der Waals surface area contributed by atoms with Crippen molar-refractivity contribution < 1.29 is 4.79 Å². The molecule has 1 amide bonds. The SMILES string of the molecule is O=C(NNc1nccnc1Cl)[C@H]1C[C@H]1c1ccccc1Cl. The van der Waals surface area contributed by atoms with Gasteiger partial charge in [0.25, 0.3) is 0 Å². The van der Waals surface area contributed by atoms with E-state index in [0.717, 1.165) is 12.0 Å². The van der Waals surface area contributed by atoms with E-state index in [0.29, 0.717) is 10.8 Å². The standard InChI is InChI=1S/C14H12Cl2N4O/c15-11-4-2-1-3-8(11)9-7-10(9)14(21)20-19-13-12(16)17-5-6-18-13/h1-6,9-10H,7H2,(H,18,19)(H,20,21)/t9-,10-/m0/s1. The van der Waals surface area contributed by atoms with Gasteiger partial charge in [-0.05, 0) is 24.0 Å². The molecule has 0 saturated heterocycles. The van der Waals surface area contributed by atoms with E-state index < -0.39 is 0 Å². The minimum atomic E-state index is -0.110. The maximum absolute atomic E-state index is 12.1. The summed E-state index contributed by atoms with van der Waals surface area (Å²) >= 11 is 12.0. The summed E-state index contributed by atoms with van der Waals surface area (Å²) in [5, 5.41) is 0.902. The average Bonchev–Trinajstić information content (AvgIpc) is 3.27. The molecule has 1 aromatic carbocycles. The first-order chi connectivity index (χ1) is 10.2. The van der Waals surface area contributed by atoms with Crippen molar-refractivity contribution in [2.24, 2.45) is 5.92 Å². The molecule has 5 nitrogen and oxygen atoms in total. The molecule has 7 heteroatoms. The van der Waals surface area contributed by atoms with Gasteiger partial charge in [-0.3, -0.25) is 15.6 Å². The van der Waals surface area contributed by atoms with Crippen molar-refractivity contribution in [1.29, 1.82) is 0 Å². The monoisotopic (exact) mass is 322 g/mol. The molecule has 108 valence electrons. The van der Waals surface area contributed by atoms with Gasteiger partial charge in [0.1, 0.15) is 0 Å². The lowest BCUT2D eigenvalue weighted by Gasteiger charge is -2.08. The lowest BCUT2D eigenvalue weighted by Crippen LogP contribution is -2.31. The van der Waals surface area contributed by atoms with E-state index in [9.17, 15) is 4.79 Å². The zero-order valence-corrected chi connectivity index (χ0v) is 12.4. The summed E-state index contributed by atoms with van der Waals surface area (Å²) in [6, 6.07) is 7.59. The molecule has 0 aliphatic heterocycles. The first-order valence-electron chi connectivity index (χ1n) is 6.43. The number of carbonyl (C=O) groups is 1. The topological polar surface area (TPSA) is 66.9 Å². The molecular formula is C14H12Cl2N4O. The van der Waals surface area contributed by atoms with Crippen molar-refractivity contribution >= 4 is 34.9 Å². The Morgan fingerprint density at radius 2 is 1.95 bits per heavy atom. The third-order valence-corrected chi connectivity index (χ3v) is 4.01. The minimum absolute atomic E-state index is 0.0900. The maximum atomic E-state index is 12.1. The zero-order chi connectivity index (χ0) is 14.8. The fourth-order valence-corrected chi connectivity index (χ4v) is 2.65. The highest BCUT2D eigenvalue weighted by atomic mass is 35.5. The van der Waals surface area contributed by atoms with Crippen LogP contribution in [0.15, 0.2) is 36.7 Å². The molecule has 2 N–H and O–H groups in total. The molecule has 0 bridgehead atoms. The van der Waals surface area contributed by atoms with Crippen LogP contribution in [0.4, 0.5) is 5.82 Å². The summed E-state index contributed by atoms with van der Waals surface area (Å²) in [6.45, 7) is 0. The van der Waals surface area contributed by atoms with Crippen molar-refractivity contribution in [3.8, 4) is 0 Å². The van der Waals surface area contributed by atoms with Crippen LogP contribution in [0.5, 0.6) is 0 Å². The normalized spacial score (nSPS) is 19.9. The van der Waals surface area contributed by atoms with Crippen LogP contribution >= 0.6 is 23.2 Å². The molecule has 0 spiro atoms. The second kappa shape index (κ2) is 5.87. The Morgan fingerprint density at radius 1 is 1.19 bits per heavy atom. The number of halogens is 2. The van der Waals surface area contributed by atoms with Crippen LogP contribution in [0, 0.1) is 5.92 Å². The van der Waals surface area contributed by atoms with Crippen LogP contribution in [-0.4, -0.2) is 15.9 Å². The molecule has 1 heterocycles. The molecule has 1 aliphatic rings. The van der Waals surface area contributed by atoms with Gasteiger partial charge in [0.2, 0.25) is 5.91 Å². The van der Waals surface area contributed by atoms with Gasteiger partial charge in [-0.2, -0.15) is 0 Å². The fourth-order valence-electron chi connectivity index (χ4n) is 2.22. The highest BCUT2D eigenvalue weighted by Gasteiger charge is 2.44. The molecule has 0 unspecified atom stereocenters. The Balaban J connectivity index is 1.59. The molecule has 1 aromatic heterocycles. The number of carbonyl (C=O) groups excluding carboxylic acids is 1. The van der Waals surface area contributed by atoms with Crippen LogP contribution < -0.4 is 10.9 Å². The van der Waals surface area contributed by atoms with Gasteiger partial charge in [-0.25, -0.2) is 9.97 Å². The lowest BCUT2D eigenvalue weighted by molar-refractivity contribution is -0.121. The number of nitrogens with zero attached hydrogens (tertiary/aromatic N) is 2. The van der Waals surface area contributed by atoms with Gasteiger partial charge in [-0.15, -0.1) is 0 Å². The number of nitrogens with one attached hydrogen (secondary N) is 2. The predicted octanol–water partition coefficient (Wildman–Crippen LogP) is 3.03. The number of anilines is 1. The van der Waals surface area contributed by atoms with E-state index >= 15 is 0 Å². The molecule has 1 saturated carbocycles. The van der Waals surface area contributed by atoms with Gasteiger partial charge in [0.05, 0.1) is 0 Å². The van der Waals surface area contributed by atoms with Gasteiger partial charge >= 0.3 is 0 Å². The van der Waals surface area contributed by atoms with Crippen molar-refractivity contribution in [2.45, 2.75) is 12.3 Å². The van der Waals surface area contributed by atoms with Crippen molar-refractivity contribution in [1.82, 2.24) is 15.4 Å². The maximum Gasteiger partial charge on any atom is 0.242 e. The largest absolute Gasteiger partial charge is 0.279 e. The molecule has 21 heavy (non-hydrogen) atoms. The summed E-state index contributed by atoms with van der Waals surface area (Å²) in [4.78, 5) is 19.9. The smallest absolute Gasteiger partial charge is 0.242 e. The molecule has 0 radical (unpaired) electrons. The predicted molar refractivity (Wildman–Crippen MR) is 81.1 cm³/mol. The van der Waals surface area contributed by atoms with Crippen molar-refractivity contribution in [2.75, 3.05) is 5.43 Å². The summed E-state index contributed by atoms with van der Waals surface area (Å²) < 4.78 is 0.